The molecule has 1 heterocycles. The van der Waals surface area contributed by atoms with Gasteiger partial charge >= 0.3 is 0 Å². The Balaban J connectivity index is 2.13. The summed E-state index contributed by atoms with van der Waals surface area (Å²) in [4.78, 5) is 0. The summed E-state index contributed by atoms with van der Waals surface area (Å²) in [5.74, 6) is 0.531. The summed E-state index contributed by atoms with van der Waals surface area (Å²) in [5, 5.41) is 7.87. The average Bonchev–Trinajstić information content (AvgIpc) is 2.65. The van der Waals surface area contributed by atoms with Crippen LogP contribution in [0.5, 0.6) is 0 Å². The van der Waals surface area contributed by atoms with Gasteiger partial charge in [0, 0.05) is 31.0 Å². The Labute approximate surface area is 109 Å². The van der Waals surface area contributed by atoms with Gasteiger partial charge in [-0.1, -0.05) is 32.0 Å². The maximum Gasteiger partial charge on any atom is 0.0643 e. The molecule has 0 fully saturated rings. The number of nitrogens with one attached hydrogen (secondary N) is 1. The highest BCUT2D eigenvalue weighted by Gasteiger charge is 2.07. The van der Waals surface area contributed by atoms with E-state index in [0.29, 0.717) is 5.92 Å². The fraction of sp³-hybridized carbons (Fsp3) is 0.400. The second-order valence-electron chi connectivity index (χ2n) is 5.01. The van der Waals surface area contributed by atoms with Gasteiger partial charge in [-0.3, -0.25) is 4.68 Å². The van der Waals surface area contributed by atoms with Crippen molar-refractivity contribution in [2.24, 2.45) is 7.05 Å². The van der Waals surface area contributed by atoms with Crippen molar-refractivity contribution in [3.05, 3.63) is 47.3 Å². The number of anilines is 1. The van der Waals surface area contributed by atoms with E-state index in [4.69, 9.17) is 0 Å². The zero-order chi connectivity index (χ0) is 13.1. The highest BCUT2D eigenvalue weighted by Crippen LogP contribution is 2.24. The molecule has 0 aliphatic rings. The number of hydrogen-bond donors (Lipinski definition) is 1. The molecule has 2 aromatic rings. The first kappa shape index (κ1) is 12.7. The minimum absolute atomic E-state index is 0.531. The van der Waals surface area contributed by atoms with E-state index in [0.717, 1.165) is 12.2 Å². The minimum atomic E-state index is 0.531. The molecule has 0 aliphatic carbocycles. The third-order valence-corrected chi connectivity index (χ3v) is 3.17. The van der Waals surface area contributed by atoms with E-state index in [1.165, 1.54) is 16.8 Å². The van der Waals surface area contributed by atoms with Crippen LogP contribution < -0.4 is 5.32 Å². The molecule has 0 amide bonds. The number of rotatable bonds is 4. The zero-order valence-corrected chi connectivity index (χ0v) is 11.6. The number of benzene rings is 1. The highest BCUT2D eigenvalue weighted by atomic mass is 15.2. The van der Waals surface area contributed by atoms with Crippen LogP contribution in [0.3, 0.4) is 0 Å². The molecule has 2 rings (SSSR count). The predicted molar refractivity (Wildman–Crippen MR) is 75.8 cm³/mol. The Kier molecular flexibility index (Phi) is 3.70. The van der Waals surface area contributed by atoms with Crippen LogP contribution in [0.2, 0.25) is 0 Å². The number of aryl methyl sites for hydroxylation is 2. The van der Waals surface area contributed by atoms with Gasteiger partial charge in [-0.15, -0.1) is 0 Å². The average molecular weight is 243 g/mol. The fourth-order valence-corrected chi connectivity index (χ4v) is 2.17. The lowest BCUT2D eigenvalue weighted by atomic mass is 10.0. The standard InChI is InChI=1S/C15H21N3/c1-11(2)14-7-5-6-8-15(14)16-9-13-10-18(4)17-12(13)3/h5-8,10-11,16H,9H2,1-4H3. The predicted octanol–water partition coefficient (Wildman–Crippen LogP) is 3.46. The molecule has 1 aromatic carbocycles. The van der Waals surface area contributed by atoms with Crippen molar-refractivity contribution in [2.75, 3.05) is 5.32 Å². The van der Waals surface area contributed by atoms with Crippen molar-refractivity contribution < 1.29 is 0 Å². The molecule has 3 heteroatoms. The lowest BCUT2D eigenvalue weighted by Gasteiger charge is -2.14. The van der Waals surface area contributed by atoms with Gasteiger partial charge in [0.1, 0.15) is 0 Å². The van der Waals surface area contributed by atoms with E-state index in [-0.39, 0.29) is 0 Å². The lowest BCUT2D eigenvalue weighted by molar-refractivity contribution is 0.756. The monoisotopic (exact) mass is 243 g/mol. The summed E-state index contributed by atoms with van der Waals surface area (Å²) >= 11 is 0. The smallest absolute Gasteiger partial charge is 0.0643 e. The molecular weight excluding hydrogens is 222 g/mol. The second-order valence-corrected chi connectivity index (χ2v) is 5.01. The lowest BCUT2D eigenvalue weighted by Crippen LogP contribution is -2.03. The van der Waals surface area contributed by atoms with E-state index in [1.54, 1.807) is 0 Å². The molecule has 0 aliphatic heterocycles. The van der Waals surface area contributed by atoms with Crippen LogP contribution in [0.15, 0.2) is 30.5 Å². The number of aromatic nitrogens is 2. The molecule has 18 heavy (non-hydrogen) atoms. The topological polar surface area (TPSA) is 29.9 Å². The summed E-state index contributed by atoms with van der Waals surface area (Å²) in [6.07, 6.45) is 2.07. The first-order chi connectivity index (χ1) is 8.58. The Morgan fingerprint density at radius 2 is 2.00 bits per heavy atom. The minimum Gasteiger partial charge on any atom is -0.381 e. The second kappa shape index (κ2) is 5.25. The van der Waals surface area contributed by atoms with Crippen molar-refractivity contribution in [3.63, 3.8) is 0 Å². The number of para-hydroxylation sites is 1. The van der Waals surface area contributed by atoms with Gasteiger partial charge in [-0.05, 0) is 24.5 Å². The molecule has 0 spiro atoms. The number of hydrogen-bond acceptors (Lipinski definition) is 2. The zero-order valence-electron chi connectivity index (χ0n) is 11.6. The molecule has 1 aromatic heterocycles. The summed E-state index contributed by atoms with van der Waals surface area (Å²) in [6.45, 7) is 7.31. The van der Waals surface area contributed by atoms with Gasteiger partial charge in [0.2, 0.25) is 0 Å². The highest BCUT2D eigenvalue weighted by molar-refractivity contribution is 5.52. The first-order valence-corrected chi connectivity index (χ1v) is 6.40. The van der Waals surface area contributed by atoms with E-state index < -0.39 is 0 Å². The van der Waals surface area contributed by atoms with Crippen molar-refractivity contribution >= 4 is 5.69 Å². The van der Waals surface area contributed by atoms with E-state index in [2.05, 4.69) is 54.7 Å². The van der Waals surface area contributed by atoms with Gasteiger partial charge < -0.3 is 5.32 Å². The SMILES string of the molecule is Cc1nn(C)cc1CNc1ccccc1C(C)C. The van der Waals surface area contributed by atoms with Crippen LogP contribution in [0.1, 0.15) is 36.6 Å². The van der Waals surface area contributed by atoms with Gasteiger partial charge in [0.05, 0.1) is 5.69 Å². The van der Waals surface area contributed by atoms with Gasteiger partial charge in [-0.2, -0.15) is 5.10 Å². The van der Waals surface area contributed by atoms with Crippen molar-refractivity contribution in [1.82, 2.24) is 9.78 Å². The van der Waals surface area contributed by atoms with Gasteiger partial charge in [0.15, 0.2) is 0 Å². The largest absolute Gasteiger partial charge is 0.381 e. The Bertz CT molecular complexity index is 526. The molecule has 0 saturated carbocycles. The summed E-state index contributed by atoms with van der Waals surface area (Å²) in [5.41, 5.74) is 4.91. The summed E-state index contributed by atoms with van der Waals surface area (Å²) in [6, 6.07) is 8.49. The quantitative estimate of drug-likeness (QED) is 0.891. The molecular formula is C15H21N3. The normalized spacial score (nSPS) is 10.9. The van der Waals surface area contributed by atoms with Crippen LogP contribution in [0.25, 0.3) is 0 Å². The molecule has 96 valence electrons. The van der Waals surface area contributed by atoms with Crippen LogP contribution in [-0.2, 0) is 13.6 Å². The fourth-order valence-electron chi connectivity index (χ4n) is 2.17. The van der Waals surface area contributed by atoms with Gasteiger partial charge in [0.25, 0.3) is 0 Å². The van der Waals surface area contributed by atoms with Crippen LogP contribution in [-0.4, -0.2) is 9.78 Å². The van der Waals surface area contributed by atoms with Crippen LogP contribution in [0, 0.1) is 6.92 Å². The third kappa shape index (κ3) is 2.73. The summed E-state index contributed by atoms with van der Waals surface area (Å²) < 4.78 is 1.86. The van der Waals surface area contributed by atoms with E-state index in [9.17, 15) is 0 Å². The number of nitrogens with zero attached hydrogens (tertiary/aromatic N) is 2. The Morgan fingerprint density at radius 1 is 1.28 bits per heavy atom. The van der Waals surface area contributed by atoms with E-state index in [1.807, 2.05) is 18.7 Å². The summed E-state index contributed by atoms with van der Waals surface area (Å²) in [7, 11) is 1.96. The van der Waals surface area contributed by atoms with Crippen LogP contribution in [0.4, 0.5) is 5.69 Å². The van der Waals surface area contributed by atoms with Crippen molar-refractivity contribution in [1.29, 1.82) is 0 Å². The first-order valence-electron chi connectivity index (χ1n) is 6.40. The Hall–Kier alpha value is -1.77. The van der Waals surface area contributed by atoms with Gasteiger partial charge in [-0.25, -0.2) is 0 Å². The van der Waals surface area contributed by atoms with Crippen molar-refractivity contribution in [3.8, 4) is 0 Å². The molecule has 0 unspecified atom stereocenters. The van der Waals surface area contributed by atoms with Crippen LogP contribution >= 0.6 is 0 Å². The molecule has 0 bridgehead atoms. The molecule has 1 N–H and O–H groups in total. The Morgan fingerprint density at radius 3 is 2.61 bits per heavy atom. The molecule has 3 nitrogen and oxygen atoms in total. The molecule has 0 radical (unpaired) electrons. The van der Waals surface area contributed by atoms with E-state index >= 15 is 0 Å². The molecule has 0 atom stereocenters. The molecule has 0 saturated heterocycles. The third-order valence-electron chi connectivity index (χ3n) is 3.17. The maximum absolute atomic E-state index is 4.36. The maximum atomic E-state index is 4.36. The van der Waals surface area contributed by atoms with Crippen molar-refractivity contribution in [2.45, 2.75) is 33.2 Å².